The summed E-state index contributed by atoms with van der Waals surface area (Å²) in [5.74, 6) is -2.20. The summed E-state index contributed by atoms with van der Waals surface area (Å²) < 4.78 is 0. The van der Waals surface area contributed by atoms with E-state index in [1.165, 1.54) is 0 Å². The van der Waals surface area contributed by atoms with Crippen LogP contribution in [-0.2, 0) is 5.79 Å². The number of halogens is 2. The van der Waals surface area contributed by atoms with Gasteiger partial charge < -0.3 is 10.2 Å². The number of aliphatic hydroxyl groups is 2. The van der Waals surface area contributed by atoms with Gasteiger partial charge in [-0.15, -0.1) is 0 Å². The fourth-order valence-corrected chi connectivity index (χ4v) is 2.17. The summed E-state index contributed by atoms with van der Waals surface area (Å²) in [5.41, 5.74) is 0.407. The molecule has 2 nitrogen and oxygen atoms in total. The molecule has 0 aliphatic carbocycles. The van der Waals surface area contributed by atoms with Gasteiger partial charge in [-0.25, -0.2) is 0 Å². The van der Waals surface area contributed by atoms with Gasteiger partial charge >= 0.3 is 0 Å². The van der Waals surface area contributed by atoms with Gasteiger partial charge in [-0.3, -0.25) is 0 Å². The van der Waals surface area contributed by atoms with Crippen molar-refractivity contribution >= 4 is 23.2 Å². The Labute approximate surface area is 109 Å². The summed E-state index contributed by atoms with van der Waals surface area (Å²) in [7, 11) is 0. The van der Waals surface area contributed by atoms with Crippen molar-refractivity contribution in [3.63, 3.8) is 0 Å². The molecule has 2 N–H and O–H groups in total. The van der Waals surface area contributed by atoms with Gasteiger partial charge in [0.15, 0.2) is 0 Å². The summed E-state index contributed by atoms with van der Waals surface area (Å²) in [4.78, 5) is 0. The topological polar surface area (TPSA) is 40.5 Å². The Kier molecular flexibility index (Phi) is 3.40. The summed E-state index contributed by atoms with van der Waals surface area (Å²) >= 11 is 11.9. The molecule has 0 saturated heterocycles. The van der Waals surface area contributed by atoms with Crippen molar-refractivity contribution in [2.75, 3.05) is 0 Å². The lowest BCUT2D eigenvalue weighted by Gasteiger charge is -2.24. The lowest BCUT2D eigenvalue weighted by atomic mass is 9.97. The lowest BCUT2D eigenvalue weighted by molar-refractivity contribution is -0.131. The first kappa shape index (κ1) is 12.4. The van der Waals surface area contributed by atoms with Crippen LogP contribution in [-0.4, -0.2) is 10.2 Å². The maximum atomic E-state index is 10.2. The Bertz CT molecular complexity index is 491. The normalized spacial score (nSPS) is 11.5. The second-order valence-electron chi connectivity index (χ2n) is 3.63. The minimum atomic E-state index is -2.20. The Morgan fingerprint density at radius 1 is 0.706 bits per heavy atom. The third-order valence-corrected chi connectivity index (χ3v) is 3.16. The molecule has 0 unspecified atom stereocenters. The van der Waals surface area contributed by atoms with Crippen molar-refractivity contribution in [2.24, 2.45) is 0 Å². The van der Waals surface area contributed by atoms with Gasteiger partial charge in [-0.1, -0.05) is 59.6 Å². The van der Waals surface area contributed by atoms with Gasteiger partial charge in [0.05, 0.1) is 0 Å². The molecule has 0 aliphatic heterocycles. The van der Waals surface area contributed by atoms with Gasteiger partial charge in [-0.05, 0) is 12.1 Å². The quantitative estimate of drug-likeness (QED) is 0.822. The molecule has 0 aromatic heterocycles. The van der Waals surface area contributed by atoms with Crippen molar-refractivity contribution in [1.82, 2.24) is 0 Å². The van der Waals surface area contributed by atoms with Crippen LogP contribution in [0, 0.1) is 0 Å². The van der Waals surface area contributed by atoms with Crippen molar-refractivity contribution < 1.29 is 10.2 Å². The first-order valence-corrected chi connectivity index (χ1v) is 5.74. The molecule has 0 bridgehead atoms. The average molecular weight is 269 g/mol. The number of hydrogen-bond donors (Lipinski definition) is 2. The van der Waals surface area contributed by atoms with Gasteiger partial charge in [0.2, 0.25) is 5.79 Å². The second-order valence-corrected chi connectivity index (χ2v) is 4.45. The zero-order chi connectivity index (χ0) is 12.5. The van der Waals surface area contributed by atoms with E-state index in [2.05, 4.69) is 0 Å². The van der Waals surface area contributed by atoms with E-state index in [1.54, 1.807) is 48.5 Å². The van der Waals surface area contributed by atoms with Crippen molar-refractivity contribution in [1.29, 1.82) is 0 Å². The molecule has 0 aliphatic rings. The van der Waals surface area contributed by atoms with Gasteiger partial charge in [0.1, 0.15) is 0 Å². The maximum Gasteiger partial charge on any atom is 0.220 e. The van der Waals surface area contributed by atoms with Crippen LogP contribution in [0.15, 0.2) is 48.5 Å². The van der Waals surface area contributed by atoms with E-state index in [0.29, 0.717) is 0 Å². The van der Waals surface area contributed by atoms with Crippen LogP contribution in [0.3, 0.4) is 0 Å². The molecule has 0 fully saturated rings. The van der Waals surface area contributed by atoms with E-state index in [9.17, 15) is 10.2 Å². The molecule has 88 valence electrons. The Balaban J connectivity index is 2.58. The minimum absolute atomic E-state index is 0.203. The number of benzene rings is 2. The molecule has 4 heteroatoms. The Morgan fingerprint density at radius 2 is 1.06 bits per heavy atom. The number of hydrogen-bond acceptors (Lipinski definition) is 2. The predicted molar refractivity (Wildman–Crippen MR) is 68.1 cm³/mol. The van der Waals surface area contributed by atoms with Crippen LogP contribution in [0.4, 0.5) is 0 Å². The summed E-state index contributed by atoms with van der Waals surface area (Å²) in [6, 6.07) is 13.1. The Morgan fingerprint density at radius 3 is 1.41 bits per heavy atom. The molecule has 2 aromatic rings. The summed E-state index contributed by atoms with van der Waals surface area (Å²) in [6.45, 7) is 0. The van der Waals surface area contributed by atoms with E-state index in [0.717, 1.165) is 0 Å². The smallest absolute Gasteiger partial charge is 0.220 e. The van der Waals surface area contributed by atoms with Crippen LogP contribution in [0.5, 0.6) is 0 Å². The molecule has 2 rings (SSSR count). The first-order valence-electron chi connectivity index (χ1n) is 4.98. The lowest BCUT2D eigenvalue weighted by Crippen LogP contribution is -2.27. The van der Waals surface area contributed by atoms with Crippen LogP contribution in [0.2, 0.25) is 10.0 Å². The van der Waals surface area contributed by atoms with Crippen molar-refractivity contribution in [3.8, 4) is 0 Å². The van der Waals surface area contributed by atoms with E-state index in [4.69, 9.17) is 23.2 Å². The first-order chi connectivity index (χ1) is 8.03. The fraction of sp³-hybridized carbons (Fsp3) is 0.0769. The maximum absolute atomic E-state index is 10.2. The molecule has 2 aromatic carbocycles. The van der Waals surface area contributed by atoms with E-state index in [1.807, 2.05) is 0 Å². The molecular weight excluding hydrogens is 259 g/mol. The minimum Gasteiger partial charge on any atom is -0.358 e. The average Bonchev–Trinajstić information content (AvgIpc) is 2.29. The molecule has 0 saturated carbocycles. The van der Waals surface area contributed by atoms with Crippen molar-refractivity contribution in [2.45, 2.75) is 5.79 Å². The largest absolute Gasteiger partial charge is 0.358 e. The third-order valence-electron chi connectivity index (χ3n) is 2.50. The second kappa shape index (κ2) is 4.67. The van der Waals surface area contributed by atoms with E-state index >= 15 is 0 Å². The third kappa shape index (κ3) is 2.31. The zero-order valence-corrected chi connectivity index (χ0v) is 10.3. The molecular formula is C13H10Cl2O2. The SMILES string of the molecule is OC(O)(c1ccccc1Cl)c1ccccc1Cl. The standard InChI is InChI=1S/C13H10Cl2O2/c14-11-7-3-1-5-9(11)13(16,17)10-6-2-4-8-12(10)15/h1-8,16-17H. The van der Waals surface area contributed by atoms with E-state index in [-0.39, 0.29) is 21.2 Å². The fourth-order valence-electron chi connectivity index (χ4n) is 1.63. The molecule has 0 amide bonds. The van der Waals surface area contributed by atoms with Gasteiger partial charge in [0, 0.05) is 21.2 Å². The zero-order valence-electron chi connectivity index (χ0n) is 8.77. The predicted octanol–water partition coefficient (Wildman–Crippen LogP) is 3.18. The van der Waals surface area contributed by atoms with Crippen LogP contribution in [0.25, 0.3) is 0 Å². The van der Waals surface area contributed by atoms with Crippen LogP contribution >= 0.6 is 23.2 Å². The molecule has 0 atom stereocenters. The Hall–Kier alpha value is -1.06. The highest BCUT2D eigenvalue weighted by Crippen LogP contribution is 2.35. The van der Waals surface area contributed by atoms with Crippen LogP contribution < -0.4 is 0 Å². The van der Waals surface area contributed by atoms with Gasteiger partial charge in [-0.2, -0.15) is 0 Å². The highest BCUT2D eigenvalue weighted by molar-refractivity contribution is 6.32. The van der Waals surface area contributed by atoms with Crippen molar-refractivity contribution in [3.05, 3.63) is 69.7 Å². The summed E-state index contributed by atoms with van der Waals surface area (Å²) in [5, 5.41) is 21.0. The molecule has 17 heavy (non-hydrogen) atoms. The summed E-state index contributed by atoms with van der Waals surface area (Å²) in [6.07, 6.45) is 0. The van der Waals surface area contributed by atoms with E-state index < -0.39 is 5.79 Å². The highest BCUT2D eigenvalue weighted by atomic mass is 35.5. The molecule has 0 heterocycles. The molecule has 0 radical (unpaired) electrons. The monoisotopic (exact) mass is 268 g/mol. The van der Waals surface area contributed by atoms with Gasteiger partial charge in [0.25, 0.3) is 0 Å². The molecule has 0 spiro atoms. The number of rotatable bonds is 2. The highest BCUT2D eigenvalue weighted by Gasteiger charge is 2.32. The van der Waals surface area contributed by atoms with Crippen LogP contribution in [0.1, 0.15) is 11.1 Å².